The quantitative estimate of drug-likeness (QED) is 0.251. The Morgan fingerprint density at radius 3 is 1.19 bits per heavy atom. The van der Waals surface area contributed by atoms with Crippen LogP contribution in [0.2, 0.25) is 0 Å². The third-order valence-electron chi connectivity index (χ3n) is 7.03. The summed E-state index contributed by atoms with van der Waals surface area (Å²) in [5, 5.41) is 2.61. The highest BCUT2D eigenvalue weighted by molar-refractivity contribution is 6.09. The zero-order valence-corrected chi connectivity index (χ0v) is 21.3. The second-order valence-corrected chi connectivity index (χ2v) is 9.90. The Bertz CT molecular complexity index is 1580. The third kappa shape index (κ3) is 3.85. The van der Waals surface area contributed by atoms with E-state index in [0.717, 1.165) is 17.1 Å². The molecule has 176 valence electrons. The number of fused-ring (bicyclic) bond motifs is 3. The van der Waals surface area contributed by atoms with Gasteiger partial charge < -0.3 is 9.47 Å². The minimum absolute atomic E-state index is 1.14. The van der Waals surface area contributed by atoms with Gasteiger partial charge in [-0.1, -0.05) is 58.7 Å². The average molecular weight is 467 g/mol. The minimum atomic E-state index is 1.14. The van der Waals surface area contributed by atoms with E-state index in [4.69, 9.17) is 0 Å². The van der Waals surface area contributed by atoms with Crippen LogP contribution in [0, 0.1) is 27.7 Å². The number of hydrogen-bond donors (Lipinski definition) is 0. The Morgan fingerprint density at radius 1 is 0.417 bits per heavy atom. The Kier molecular flexibility index (Phi) is 5.38. The second-order valence-electron chi connectivity index (χ2n) is 9.90. The molecule has 0 atom stereocenters. The maximum Gasteiger partial charge on any atom is 0.0541 e. The van der Waals surface area contributed by atoms with E-state index >= 15 is 0 Å². The van der Waals surface area contributed by atoms with Crippen LogP contribution in [0.5, 0.6) is 0 Å². The highest BCUT2D eigenvalue weighted by Crippen LogP contribution is 2.37. The van der Waals surface area contributed by atoms with Gasteiger partial charge in [-0.05, 0) is 100 Å². The number of nitrogens with zero attached hydrogens (tertiary/aromatic N) is 2. The zero-order chi connectivity index (χ0) is 24.8. The molecule has 0 fully saturated rings. The number of benzene rings is 5. The molecule has 5 aromatic carbocycles. The number of aromatic nitrogens is 1. The van der Waals surface area contributed by atoms with E-state index in [1.165, 1.54) is 49.7 Å². The maximum atomic E-state index is 2.38. The van der Waals surface area contributed by atoms with E-state index in [9.17, 15) is 0 Å². The van der Waals surface area contributed by atoms with Crippen molar-refractivity contribution in [3.05, 3.63) is 131 Å². The summed E-state index contributed by atoms with van der Waals surface area (Å²) in [5.41, 5.74) is 12.2. The van der Waals surface area contributed by atoms with Crippen molar-refractivity contribution in [3.8, 4) is 5.69 Å². The summed E-state index contributed by atoms with van der Waals surface area (Å²) in [5.74, 6) is 0. The van der Waals surface area contributed by atoms with E-state index in [1.54, 1.807) is 0 Å². The molecule has 2 nitrogen and oxygen atoms in total. The molecule has 1 heterocycles. The number of hydrogen-bond acceptors (Lipinski definition) is 1. The average Bonchev–Trinajstić information content (AvgIpc) is 3.19. The van der Waals surface area contributed by atoms with Gasteiger partial charge in [0.1, 0.15) is 0 Å². The van der Waals surface area contributed by atoms with E-state index in [2.05, 4.69) is 146 Å². The van der Waals surface area contributed by atoms with E-state index in [0.29, 0.717) is 0 Å². The van der Waals surface area contributed by atoms with Gasteiger partial charge in [0.15, 0.2) is 0 Å². The van der Waals surface area contributed by atoms with Gasteiger partial charge in [0, 0.05) is 33.5 Å². The molecule has 6 aromatic rings. The number of anilines is 3. The van der Waals surface area contributed by atoms with E-state index in [-0.39, 0.29) is 0 Å². The monoisotopic (exact) mass is 466 g/mol. The molecule has 1 aromatic heterocycles. The molecule has 0 radical (unpaired) electrons. The minimum Gasteiger partial charge on any atom is -0.311 e. The molecule has 0 aliphatic heterocycles. The molecule has 0 saturated carbocycles. The van der Waals surface area contributed by atoms with Crippen LogP contribution in [0.25, 0.3) is 27.5 Å². The van der Waals surface area contributed by atoms with Crippen LogP contribution in [0.15, 0.2) is 109 Å². The molecule has 0 amide bonds. The number of aryl methyl sites for hydroxylation is 4. The molecule has 0 N–H and O–H groups in total. The van der Waals surface area contributed by atoms with Gasteiger partial charge in [0.25, 0.3) is 0 Å². The summed E-state index contributed by atoms with van der Waals surface area (Å²) in [7, 11) is 0. The standard InChI is InChI=1S/C34H30N2/c1-23-5-11-27(12-6-23)35(28-13-7-24(2)8-14-28)29-15-17-30(18-16-29)36-33-19-9-25(3)21-31(33)32-22-26(4)10-20-34(32)36/h5-22H,1-4H3. The van der Waals surface area contributed by atoms with Crippen molar-refractivity contribution in [3.63, 3.8) is 0 Å². The van der Waals surface area contributed by atoms with Crippen molar-refractivity contribution in [2.24, 2.45) is 0 Å². The lowest BCUT2D eigenvalue weighted by atomic mass is 10.1. The normalized spacial score (nSPS) is 11.3. The lowest BCUT2D eigenvalue weighted by Crippen LogP contribution is -2.10. The molecule has 0 aliphatic rings. The van der Waals surface area contributed by atoms with Crippen LogP contribution in [-0.4, -0.2) is 4.57 Å². The lowest BCUT2D eigenvalue weighted by molar-refractivity contribution is 1.17. The molecule has 36 heavy (non-hydrogen) atoms. The lowest BCUT2D eigenvalue weighted by Gasteiger charge is -2.26. The molecule has 0 spiro atoms. The van der Waals surface area contributed by atoms with Gasteiger partial charge in [-0.25, -0.2) is 0 Å². The fraction of sp³-hybridized carbons (Fsp3) is 0.118. The summed E-state index contributed by atoms with van der Waals surface area (Å²) < 4.78 is 2.38. The molecular weight excluding hydrogens is 436 g/mol. The van der Waals surface area contributed by atoms with Crippen molar-refractivity contribution in [1.29, 1.82) is 0 Å². The zero-order valence-electron chi connectivity index (χ0n) is 21.3. The second kappa shape index (κ2) is 8.73. The first-order valence-electron chi connectivity index (χ1n) is 12.5. The van der Waals surface area contributed by atoms with E-state index in [1.807, 2.05) is 0 Å². The van der Waals surface area contributed by atoms with Gasteiger partial charge in [-0.3, -0.25) is 0 Å². The molecule has 0 aliphatic carbocycles. The van der Waals surface area contributed by atoms with Crippen molar-refractivity contribution >= 4 is 38.9 Å². The number of rotatable bonds is 4. The Morgan fingerprint density at radius 2 is 0.778 bits per heavy atom. The topological polar surface area (TPSA) is 8.17 Å². The van der Waals surface area contributed by atoms with Crippen LogP contribution in [0.3, 0.4) is 0 Å². The Labute approximate surface area is 213 Å². The first-order chi connectivity index (χ1) is 17.5. The van der Waals surface area contributed by atoms with Crippen LogP contribution >= 0.6 is 0 Å². The smallest absolute Gasteiger partial charge is 0.0541 e. The summed E-state index contributed by atoms with van der Waals surface area (Å²) in [6.07, 6.45) is 0. The summed E-state index contributed by atoms with van der Waals surface area (Å²) in [6, 6.07) is 39.9. The summed E-state index contributed by atoms with van der Waals surface area (Å²) in [6.45, 7) is 8.59. The molecule has 0 saturated heterocycles. The van der Waals surface area contributed by atoms with Crippen LogP contribution in [0.4, 0.5) is 17.1 Å². The molecule has 0 unspecified atom stereocenters. The van der Waals surface area contributed by atoms with Crippen LogP contribution < -0.4 is 4.90 Å². The fourth-order valence-electron chi connectivity index (χ4n) is 5.11. The van der Waals surface area contributed by atoms with Gasteiger partial charge in [0.05, 0.1) is 11.0 Å². The first kappa shape index (κ1) is 22.2. The highest BCUT2D eigenvalue weighted by atomic mass is 15.1. The Hall–Kier alpha value is -4.30. The van der Waals surface area contributed by atoms with Crippen molar-refractivity contribution in [2.45, 2.75) is 27.7 Å². The fourth-order valence-corrected chi connectivity index (χ4v) is 5.11. The molecular formula is C34H30N2. The highest BCUT2D eigenvalue weighted by Gasteiger charge is 2.15. The third-order valence-corrected chi connectivity index (χ3v) is 7.03. The molecule has 0 bridgehead atoms. The molecule has 6 rings (SSSR count). The first-order valence-corrected chi connectivity index (χ1v) is 12.5. The van der Waals surface area contributed by atoms with Crippen LogP contribution in [0.1, 0.15) is 22.3 Å². The van der Waals surface area contributed by atoms with Gasteiger partial charge in [0.2, 0.25) is 0 Å². The predicted octanol–water partition coefficient (Wildman–Crippen LogP) is 9.49. The van der Waals surface area contributed by atoms with Gasteiger partial charge in [-0.15, -0.1) is 0 Å². The van der Waals surface area contributed by atoms with Crippen molar-refractivity contribution < 1.29 is 0 Å². The SMILES string of the molecule is Cc1ccc(N(c2ccc(C)cc2)c2ccc(-n3c4ccc(C)cc4c4cc(C)ccc43)cc2)cc1. The Balaban J connectivity index is 1.50. The predicted molar refractivity (Wildman–Crippen MR) is 154 cm³/mol. The van der Waals surface area contributed by atoms with Gasteiger partial charge in [-0.2, -0.15) is 0 Å². The molecule has 2 heteroatoms. The van der Waals surface area contributed by atoms with Crippen molar-refractivity contribution in [2.75, 3.05) is 4.90 Å². The van der Waals surface area contributed by atoms with Gasteiger partial charge >= 0.3 is 0 Å². The summed E-state index contributed by atoms with van der Waals surface area (Å²) >= 11 is 0. The van der Waals surface area contributed by atoms with Crippen LogP contribution in [-0.2, 0) is 0 Å². The van der Waals surface area contributed by atoms with E-state index < -0.39 is 0 Å². The summed E-state index contributed by atoms with van der Waals surface area (Å²) in [4.78, 5) is 2.32. The van der Waals surface area contributed by atoms with Crippen molar-refractivity contribution in [1.82, 2.24) is 4.57 Å². The maximum absolute atomic E-state index is 2.38. The largest absolute Gasteiger partial charge is 0.311 e.